The highest BCUT2D eigenvalue weighted by Gasteiger charge is 2.36. The second-order valence-electron chi connectivity index (χ2n) is 8.81. The molecule has 2 aromatic carbocycles. The number of aryl methyl sites for hydroxylation is 1. The Hall–Kier alpha value is -1.57. The number of hydrogen-bond donors (Lipinski definition) is 0. The minimum atomic E-state index is -4.29. The summed E-state index contributed by atoms with van der Waals surface area (Å²) in [5, 5.41) is 0.746. The van der Waals surface area contributed by atoms with Gasteiger partial charge in [-0.1, -0.05) is 40.2 Å². The standard InChI is InChI=1S/C25H29BrF3NO2/c1-16-3-8-20-21(24(16)31-2)13-22(32-23(20)14-26)18-9-11-30(12-10-18)15-17-4-6-19(7-5-17)25(27,28)29/h3-8,18,22-23H,9-15H2,1-2H3/t22-,23-/m0/s1. The molecule has 7 heteroatoms. The van der Waals surface area contributed by atoms with E-state index in [9.17, 15) is 13.2 Å². The number of benzene rings is 2. The topological polar surface area (TPSA) is 21.7 Å². The summed E-state index contributed by atoms with van der Waals surface area (Å²) in [5.41, 5.74) is 3.94. The van der Waals surface area contributed by atoms with Crippen LogP contribution < -0.4 is 4.74 Å². The van der Waals surface area contributed by atoms with Crippen LogP contribution in [0.4, 0.5) is 13.2 Å². The van der Waals surface area contributed by atoms with Gasteiger partial charge in [-0.15, -0.1) is 0 Å². The maximum atomic E-state index is 12.8. The first-order chi connectivity index (χ1) is 15.3. The molecule has 174 valence electrons. The van der Waals surface area contributed by atoms with Gasteiger partial charge in [0.15, 0.2) is 0 Å². The second kappa shape index (κ2) is 9.74. The quantitative estimate of drug-likeness (QED) is 0.439. The number of methoxy groups -OCH3 is 1. The number of piperidine rings is 1. The van der Waals surface area contributed by atoms with Crippen LogP contribution >= 0.6 is 15.9 Å². The van der Waals surface area contributed by atoms with Crippen molar-refractivity contribution >= 4 is 15.9 Å². The molecule has 0 unspecified atom stereocenters. The van der Waals surface area contributed by atoms with Gasteiger partial charge in [-0.25, -0.2) is 0 Å². The van der Waals surface area contributed by atoms with Crippen molar-refractivity contribution in [2.45, 2.75) is 51.1 Å². The molecular weight excluding hydrogens is 483 g/mol. The number of rotatable bonds is 5. The molecule has 32 heavy (non-hydrogen) atoms. The highest BCUT2D eigenvalue weighted by molar-refractivity contribution is 9.09. The second-order valence-corrected chi connectivity index (χ2v) is 9.46. The predicted molar refractivity (Wildman–Crippen MR) is 122 cm³/mol. The third-order valence-electron chi connectivity index (χ3n) is 6.77. The summed E-state index contributed by atoms with van der Waals surface area (Å²) >= 11 is 3.62. The summed E-state index contributed by atoms with van der Waals surface area (Å²) in [5.74, 6) is 1.43. The lowest BCUT2D eigenvalue weighted by atomic mass is 9.83. The van der Waals surface area contributed by atoms with E-state index >= 15 is 0 Å². The van der Waals surface area contributed by atoms with E-state index in [0.29, 0.717) is 12.5 Å². The molecule has 0 N–H and O–H groups in total. The van der Waals surface area contributed by atoms with Crippen molar-refractivity contribution < 1.29 is 22.6 Å². The van der Waals surface area contributed by atoms with E-state index in [-0.39, 0.29) is 12.2 Å². The maximum absolute atomic E-state index is 12.8. The lowest BCUT2D eigenvalue weighted by molar-refractivity contribution is -0.137. The Morgan fingerprint density at radius 1 is 1.09 bits per heavy atom. The van der Waals surface area contributed by atoms with Gasteiger partial charge in [0.1, 0.15) is 5.75 Å². The van der Waals surface area contributed by atoms with Crippen molar-refractivity contribution in [2.75, 3.05) is 25.5 Å². The largest absolute Gasteiger partial charge is 0.496 e. The zero-order chi connectivity index (χ0) is 22.9. The number of ether oxygens (including phenoxy) is 2. The van der Waals surface area contributed by atoms with Crippen LogP contribution in [0.5, 0.6) is 5.75 Å². The number of fused-ring (bicyclic) bond motifs is 1. The van der Waals surface area contributed by atoms with Crippen LogP contribution in [-0.4, -0.2) is 36.5 Å². The molecular formula is C25H29BrF3NO2. The molecule has 2 atom stereocenters. The molecule has 2 aromatic rings. The summed E-state index contributed by atoms with van der Waals surface area (Å²) in [4.78, 5) is 2.32. The average Bonchev–Trinajstić information content (AvgIpc) is 2.78. The molecule has 3 nitrogen and oxygen atoms in total. The fourth-order valence-corrected chi connectivity index (χ4v) is 5.53. The van der Waals surface area contributed by atoms with Crippen LogP contribution in [0.2, 0.25) is 0 Å². The Balaban J connectivity index is 1.39. The van der Waals surface area contributed by atoms with Crippen molar-refractivity contribution in [3.8, 4) is 5.75 Å². The number of hydrogen-bond acceptors (Lipinski definition) is 3. The molecule has 1 fully saturated rings. The van der Waals surface area contributed by atoms with Gasteiger partial charge in [-0.2, -0.15) is 13.2 Å². The van der Waals surface area contributed by atoms with Crippen LogP contribution in [0.1, 0.15) is 46.8 Å². The fourth-order valence-electron chi connectivity index (χ4n) is 5.03. The molecule has 0 saturated carbocycles. The highest BCUT2D eigenvalue weighted by Crippen LogP contribution is 2.41. The molecule has 0 amide bonds. The zero-order valence-electron chi connectivity index (χ0n) is 18.4. The van der Waals surface area contributed by atoms with E-state index in [1.54, 1.807) is 19.2 Å². The van der Waals surface area contributed by atoms with Crippen molar-refractivity contribution in [3.63, 3.8) is 0 Å². The van der Waals surface area contributed by atoms with Gasteiger partial charge in [-0.05, 0) is 67.6 Å². The van der Waals surface area contributed by atoms with Crippen LogP contribution in [-0.2, 0) is 23.9 Å². The Morgan fingerprint density at radius 3 is 2.38 bits per heavy atom. The average molecular weight is 512 g/mol. The van der Waals surface area contributed by atoms with Gasteiger partial charge in [0.2, 0.25) is 0 Å². The van der Waals surface area contributed by atoms with Crippen LogP contribution in [0.25, 0.3) is 0 Å². The molecule has 2 aliphatic rings. The molecule has 2 heterocycles. The van der Waals surface area contributed by atoms with Gasteiger partial charge < -0.3 is 9.47 Å². The first kappa shape index (κ1) is 23.6. The van der Waals surface area contributed by atoms with E-state index < -0.39 is 11.7 Å². The summed E-state index contributed by atoms with van der Waals surface area (Å²) < 4.78 is 50.6. The van der Waals surface area contributed by atoms with Gasteiger partial charge in [0.05, 0.1) is 24.9 Å². The monoisotopic (exact) mass is 511 g/mol. The van der Waals surface area contributed by atoms with E-state index in [2.05, 4.69) is 39.9 Å². The lowest BCUT2D eigenvalue weighted by Gasteiger charge is -2.40. The Labute approximate surface area is 196 Å². The Kier molecular flexibility index (Phi) is 7.18. The van der Waals surface area contributed by atoms with Crippen molar-refractivity contribution in [1.82, 2.24) is 4.90 Å². The number of halogens is 4. The third kappa shape index (κ3) is 5.00. The first-order valence-corrected chi connectivity index (χ1v) is 12.2. The molecule has 0 aliphatic carbocycles. The van der Waals surface area contributed by atoms with E-state index in [1.807, 2.05) is 0 Å². The summed E-state index contributed by atoms with van der Waals surface area (Å²) in [6, 6.07) is 9.77. The maximum Gasteiger partial charge on any atom is 0.416 e. The zero-order valence-corrected chi connectivity index (χ0v) is 20.0. The number of nitrogens with zero attached hydrogens (tertiary/aromatic N) is 1. The molecule has 0 spiro atoms. The van der Waals surface area contributed by atoms with Crippen molar-refractivity contribution in [3.05, 3.63) is 64.2 Å². The minimum Gasteiger partial charge on any atom is -0.496 e. The summed E-state index contributed by atoms with van der Waals surface area (Å²) in [7, 11) is 1.73. The first-order valence-electron chi connectivity index (χ1n) is 11.1. The van der Waals surface area contributed by atoms with Crippen LogP contribution in [0.15, 0.2) is 36.4 Å². The Bertz CT molecular complexity index is 924. The Morgan fingerprint density at radius 2 is 1.78 bits per heavy atom. The molecule has 0 bridgehead atoms. The van der Waals surface area contributed by atoms with Crippen LogP contribution in [0, 0.1) is 12.8 Å². The van der Waals surface area contributed by atoms with Crippen molar-refractivity contribution in [1.29, 1.82) is 0 Å². The highest BCUT2D eigenvalue weighted by atomic mass is 79.9. The smallest absolute Gasteiger partial charge is 0.416 e. The van der Waals surface area contributed by atoms with Gasteiger partial charge in [-0.3, -0.25) is 4.90 Å². The van der Waals surface area contributed by atoms with E-state index in [0.717, 1.165) is 54.6 Å². The predicted octanol–water partition coefficient (Wildman–Crippen LogP) is 6.31. The molecule has 1 saturated heterocycles. The SMILES string of the molecule is COc1c(C)ccc2c1C[C@@H](C1CCN(Cc3ccc(C(F)(F)F)cc3)CC1)O[C@H]2CBr. The van der Waals surface area contributed by atoms with Gasteiger partial charge in [0.25, 0.3) is 0 Å². The third-order valence-corrected chi connectivity index (χ3v) is 7.36. The normalized spacial score (nSPS) is 22.6. The van der Waals surface area contributed by atoms with E-state index in [4.69, 9.17) is 9.47 Å². The summed E-state index contributed by atoms with van der Waals surface area (Å²) in [6.07, 6.45) is -1.23. The molecule has 4 rings (SSSR count). The number of likely N-dealkylation sites (tertiary alicyclic amines) is 1. The lowest BCUT2D eigenvalue weighted by Crippen LogP contribution is -2.41. The van der Waals surface area contributed by atoms with Gasteiger partial charge >= 0.3 is 6.18 Å². The van der Waals surface area contributed by atoms with Crippen molar-refractivity contribution in [2.24, 2.45) is 5.92 Å². The van der Waals surface area contributed by atoms with E-state index in [1.165, 1.54) is 23.3 Å². The molecule has 2 aliphatic heterocycles. The minimum absolute atomic E-state index is 0.0171. The number of alkyl halides is 4. The molecule has 0 aromatic heterocycles. The van der Waals surface area contributed by atoms with Crippen LogP contribution in [0.3, 0.4) is 0 Å². The van der Waals surface area contributed by atoms with Gasteiger partial charge in [0, 0.05) is 23.9 Å². The summed E-state index contributed by atoms with van der Waals surface area (Å²) in [6.45, 7) is 4.59. The molecule has 0 radical (unpaired) electrons. The fraction of sp³-hybridized carbons (Fsp3) is 0.520.